The summed E-state index contributed by atoms with van der Waals surface area (Å²) in [5, 5.41) is 0. The Balaban J connectivity index is 4.68. The lowest BCUT2D eigenvalue weighted by Crippen LogP contribution is -2.52. The fourth-order valence-corrected chi connectivity index (χ4v) is 1.62. The van der Waals surface area contributed by atoms with Crippen LogP contribution in [0.15, 0.2) is 0 Å². The van der Waals surface area contributed by atoms with Crippen LogP contribution in [0.5, 0.6) is 0 Å². The first-order valence-electron chi connectivity index (χ1n) is 6.74. The number of nitrogens with zero attached hydrogens (tertiary/aromatic N) is 2. The molecule has 0 rings (SSSR count). The quantitative estimate of drug-likeness (QED) is 0.782. The van der Waals surface area contributed by atoms with Gasteiger partial charge in [0.1, 0.15) is 0 Å². The van der Waals surface area contributed by atoms with E-state index < -0.39 is 6.04 Å². The summed E-state index contributed by atoms with van der Waals surface area (Å²) in [5.74, 6) is 0.529. The first-order chi connectivity index (χ1) is 8.05. The smallest absolute Gasteiger partial charge is 0.240 e. The molecule has 4 nitrogen and oxygen atoms in total. The van der Waals surface area contributed by atoms with E-state index in [9.17, 15) is 4.79 Å². The SMILES string of the molecule is CC(C)CN(CCN(C)C)C(=O)C(N)C(C)(C)C. The highest BCUT2D eigenvalue weighted by Crippen LogP contribution is 2.19. The third-order valence-corrected chi connectivity index (χ3v) is 2.91. The van der Waals surface area contributed by atoms with Crippen molar-refractivity contribution < 1.29 is 4.79 Å². The van der Waals surface area contributed by atoms with Gasteiger partial charge >= 0.3 is 0 Å². The molecule has 0 aliphatic rings. The molecule has 0 aromatic carbocycles. The summed E-state index contributed by atoms with van der Waals surface area (Å²) >= 11 is 0. The minimum absolute atomic E-state index is 0.0676. The van der Waals surface area contributed by atoms with Crippen LogP contribution in [0.2, 0.25) is 0 Å². The van der Waals surface area contributed by atoms with Crippen LogP contribution in [0.4, 0.5) is 0 Å². The van der Waals surface area contributed by atoms with Crippen molar-refractivity contribution in [2.45, 2.75) is 40.7 Å². The second kappa shape index (κ2) is 7.10. The van der Waals surface area contributed by atoms with Gasteiger partial charge in [0.05, 0.1) is 6.04 Å². The van der Waals surface area contributed by atoms with E-state index in [0.717, 1.165) is 19.6 Å². The van der Waals surface area contributed by atoms with Crippen LogP contribution in [0.1, 0.15) is 34.6 Å². The van der Waals surface area contributed by atoms with Crippen LogP contribution < -0.4 is 5.73 Å². The zero-order valence-electron chi connectivity index (χ0n) is 13.2. The van der Waals surface area contributed by atoms with Crippen molar-refractivity contribution in [3.8, 4) is 0 Å². The monoisotopic (exact) mass is 257 g/mol. The first kappa shape index (κ1) is 17.4. The maximum absolute atomic E-state index is 12.4. The molecule has 0 spiro atoms. The van der Waals surface area contributed by atoms with Crippen molar-refractivity contribution in [3.05, 3.63) is 0 Å². The third kappa shape index (κ3) is 6.36. The number of amides is 1. The number of hydrogen-bond donors (Lipinski definition) is 1. The molecular weight excluding hydrogens is 226 g/mol. The van der Waals surface area contributed by atoms with Crippen LogP contribution in [-0.4, -0.2) is 55.5 Å². The molecule has 2 N–H and O–H groups in total. The van der Waals surface area contributed by atoms with Gasteiger partial charge < -0.3 is 15.5 Å². The number of rotatable bonds is 6. The molecule has 0 fully saturated rings. The normalized spacial score (nSPS) is 14.1. The Labute approximate surface area is 113 Å². The van der Waals surface area contributed by atoms with Crippen molar-refractivity contribution in [2.24, 2.45) is 17.1 Å². The summed E-state index contributed by atoms with van der Waals surface area (Å²) in [6.45, 7) is 12.7. The van der Waals surface area contributed by atoms with Gasteiger partial charge in [-0.15, -0.1) is 0 Å². The van der Waals surface area contributed by atoms with Gasteiger partial charge in [0.15, 0.2) is 0 Å². The van der Waals surface area contributed by atoms with Crippen LogP contribution >= 0.6 is 0 Å². The highest BCUT2D eigenvalue weighted by atomic mass is 16.2. The molecule has 4 heteroatoms. The molecule has 0 aromatic rings. The molecule has 0 aliphatic carbocycles. The van der Waals surface area contributed by atoms with Gasteiger partial charge in [-0.2, -0.15) is 0 Å². The molecule has 0 heterocycles. The van der Waals surface area contributed by atoms with Crippen LogP contribution in [-0.2, 0) is 4.79 Å². The van der Waals surface area contributed by atoms with Gasteiger partial charge in [-0.25, -0.2) is 0 Å². The van der Waals surface area contributed by atoms with E-state index in [2.05, 4.69) is 18.7 Å². The number of likely N-dealkylation sites (N-methyl/N-ethyl adjacent to an activating group) is 1. The molecule has 0 saturated carbocycles. The number of carbonyl (C=O) groups is 1. The summed E-state index contributed by atoms with van der Waals surface area (Å²) in [6.07, 6.45) is 0. The largest absolute Gasteiger partial charge is 0.340 e. The van der Waals surface area contributed by atoms with Crippen molar-refractivity contribution in [2.75, 3.05) is 33.7 Å². The van der Waals surface area contributed by atoms with Crippen LogP contribution in [0.25, 0.3) is 0 Å². The van der Waals surface area contributed by atoms with Crippen molar-refractivity contribution in [1.82, 2.24) is 9.80 Å². The summed E-state index contributed by atoms with van der Waals surface area (Å²) in [6, 6.07) is -0.432. The molecule has 18 heavy (non-hydrogen) atoms. The van der Waals surface area contributed by atoms with E-state index in [4.69, 9.17) is 5.73 Å². The minimum atomic E-state index is -0.432. The van der Waals surface area contributed by atoms with Crippen LogP contribution in [0.3, 0.4) is 0 Å². The van der Waals surface area contributed by atoms with Gasteiger partial charge in [-0.1, -0.05) is 34.6 Å². The van der Waals surface area contributed by atoms with Gasteiger partial charge in [0, 0.05) is 19.6 Å². The maximum Gasteiger partial charge on any atom is 0.240 e. The molecular formula is C14H31N3O. The molecule has 1 atom stereocenters. The Morgan fingerprint density at radius 1 is 1.17 bits per heavy atom. The Hall–Kier alpha value is -0.610. The van der Waals surface area contributed by atoms with Crippen molar-refractivity contribution >= 4 is 5.91 Å². The lowest BCUT2D eigenvalue weighted by molar-refractivity contribution is -0.135. The maximum atomic E-state index is 12.4. The molecule has 108 valence electrons. The average Bonchev–Trinajstić information content (AvgIpc) is 2.20. The second-order valence-electron chi connectivity index (χ2n) is 6.83. The number of hydrogen-bond acceptors (Lipinski definition) is 3. The first-order valence-corrected chi connectivity index (χ1v) is 6.74. The molecule has 0 saturated heterocycles. The van der Waals surface area contributed by atoms with Gasteiger partial charge in [0.2, 0.25) is 5.91 Å². The Morgan fingerprint density at radius 3 is 2.00 bits per heavy atom. The summed E-state index contributed by atoms with van der Waals surface area (Å²) in [4.78, 5) is 16.4. The fourth-order valence-electron chi connectivity index (χ4n) is 1.62. The van der Waals surface area contributed by atoms with Crippen LogP contribution in [0, 0.1) is 11.3 Å². The van der Waals surface area contributed by atoms with E-state index in [1.165, 1.54) is 0 Å². The minimum Gasteiger partial charge on any atom is -0.340 e. The topological polar surface area (TPSA) is 49.6 Å². The van der Waals surface area contributed by atoms with Crippen molar-refractivity contribution in [1.29, 1.82) is 0 Å². The van der Waals surface area contributed by atoms with Gasteiger partial charge in [-0.05, 0) is 25.4 Å². The van der Waals surface area contributed by atoms with Gasteiger partial charge in [0.25, 0.3) is 0 Å². The zero-order chi connectivity index (χ0) is 14.5. The zero-order valence-corrected chi connectivity index (χ0v) is 13.2. The van der Waals surface area contributed by atoms with E-state index in [1.807, 2.05) is 39.8 Å². The van der Waals surface area contributed by atoms with Crippen molar-refractivity contribution in [3.63, 3.8) is 0 Å². The molecule has 0 bridgehead atoms. The number of nitrogens with two attached hydrogens (primary N) is 1. The lowest BCUT2D eigenvalue weighted by atomic mass is 9.86. The van der Waals surface area contributed by atoms with E-state index in [0.29, 0.717) is 5.92 Å². The highest BCUT2D eigenvalue weighted by molar-refractivity contribution is 5.82. The molecule has 0 aliphatic heterocycles. The van der Waals surface area contributed by atoms with Gasteiger partial charge in [-0.3, -0.25) is 4.79 Å². The summed E-state index contributed by atoms with van der Waals surface area (Å²) < 4.78 is 0. The van der Waals surface area contributed by atoms with E-state index in [1.54, 1.807) is 0 Å². The lowest BCUT2D eigenvalue weighted by Gasteiger charge is -2.33. The average molecular weight is 257 g/mol. The Kier molecular flexibility index (Phi) is 6.86. The molecule has 0 aromatic heterocycles. The predicted molar refractivity (Wildman–Crippen MR) is 77.4 cm³/mol. The third-order valence-electron chi connectivity index (χ3n) is 2.91. The fraction of sp³-hybridized carbons (Fsp3) is 0.929. The molecule has 1 amide bonds. The molecule has 1 unspecified atom stereocenters. The second-order valence-corrected chi connectivity index (χ2v) is 6.83. The predicted octanol–water partition coefficient (Wildman–Crippen LogP) is 1.41. The van der Waals surface area contributed by atoms with E-state index in [-0.39, 0.29) is 11.3 Å². The summed E-state index contributed by atoms with van der Waals surface area (Å²) in [7, 11) is 4.03. The standard InChI is InChI=1S/C14H31N3O/c1-11(2)10-17(9-8-16(6)7)13(18)12(15)14(3,4)5/h11-12H,8-10,15H2,1-7H3. The Bertz CT molecular complexity index is 256. The van der Waals surface area contributed by atoms with E-state index >= 15 is 0 Å². The summed E-state index contributed by atoms with van der Waals surface area (Å²) in [5.41, 5.74) is 5.88. The Morgan fingerprint density at radius 2 is 1.67 bits per heavy atom. The highest BCUT2D eigenvalue weighted by Gasteiger charge is 2.31. The number of carbonyl (C=O) groups excluding carboxylic acids is 1. The molecule has 0 radical (unpaired) electrons.